The van der Waals surface area contributed by atoms with Gasteiger partial charge in [0.15, 0.2) is 0 Å². The van der Waals surface area contributed by atoms with Gasteiger partial charge in [-0.25, -0.2) is 0 Å². The highest BCUT2D eigenvalue weighted by molar-refractivity contribution is 5.80. The highest BCUT2D eigenvalue weighted by atomic mass is 16.2. The van der Waals surface area contributed by atoms with Gasteiger partial charge >= 0.3 is 0 Å². The molecule has 1 aromatic heterocycles. The van der Waals surface area contributed by atoms with Crippen molar-refractivity contribution in [1.82, 2.24) is 15.1 Å². The molecule has 0 aliphatic carbocycles. The maximum atomic E-state index is 11.8. The molecule has 0 saturated carbocycles. The number of nitrogens with zero attached hydrogens (tertiary/aromatic N) is 2. The maximum Gasteiger partial charge on any atom is 0.244 e. The van der Waals surface area contributed by atoms with Crippen LogP contribution in [-0.4, -0.2) is 22.2 Å². The molecule has 0 aromatic carbocycles. The molecular weight excluding hydrogens is 190 g/mol. The summed E-state index contributed by atoms with van der Waals surface area (Å²) in [5, 5.41) is 7.31. The highest BCUT2D eigenvalue weighted by Crippen LogP contribution is 2.19. The topological polar surface area (TPSA) is 46.9 Å². The summed E-state index contributed by atoms with van der Waals surface area (Å²) in [4.78, 5) is 11.8. The Kier molecular flexibility index (Phi) is 2.75. The molecule has 1 aliphatic heterocycles. The van der Waals surface area contributed by atoms with Crippen molar-refractivity contribution in [1.29, 1.82) is 0 Å². The molecule has 1 unspecified atom stereocenters. The molecular formula is C11H17N3O. The first kappa shape index (κ1) is 10.2. The number of hydrogen-bond donors (Lipinski definition) is 1. The first-order valence-electron chi connectivity index (χ1n) is 5.49. The van der Waals surface area contributed by atoms with Gasteiger partial charge in [0.2, 0.25) is 5.91 Å². The van der Waals surface area contributed by atoms with Crippen molar-refractivity contribution in [2.45, 2.75) is 39.2 Å². The molecule has 0 radical (unpaired) electrons. The fourth-order valence-electron chi connectivity index (χ4n) is 2.12. The van der Waals surface area contributed by atoms with Crippen molar-refractivity contribution in [2.75, 3.05) is 6.54 Å². The van der Waals surface area contributed by atoms with Gasteiger partial charge in [0.25, 0.3) is 0 Å². The Morgan fingerprint density at radius 3 is 2.93 bits per heavy atom. The molecule has 1 aromatic rings. The lowest BCUT2D eigenvalue weighted by Crippen LogP contribution is -2.31. The molecule has 1 saturated heterocycles. The summed E-state index contributed by atoms with van der Waals surface area (Å²) in [7, 11) is 0. The molecule has 4 heteroatoms. The number of nitrogens with one attached hydrogen (secondary N) is 1. The minimum atomic E-state index is -0.110. The minimum Gasteiger partial charge on any atom is -0.354 e. The standard InChI is InChI=1S/C11H17N3O/c1-8-7-9(2)14(13-8)10-5-3-4-6-12-11(10)15/h7,10H,3-6H2,1-2H3,(H,12,15). The summed E-state index contributed by atoms with van der Waals surface area (Å²) in [5.74, 6) is 0.110. The molecule has 0 spiro atoms. The zero-order chi connectivity index (χ0) is 10.8. The second-order valence-corrected chi connectivity index (χ2v) is 4.17. The van der Waals surface area contributed by atoms with E-state index in [1.165, 1.54) is 0 Å². The summed E-state index contributed by atoms with van der Waals surface area (Å²) in [6.07, 6.45) is 3.05. The van der Waals surface area contributed by atoms with Crippen molar-refractivity contribution in [3.8, 4) is 0 Å². The second kappa shape index (κ2) is 4.04. The van der Waals surface area contributed by atoms with E-state index in [2.05, 4.69) is 10.4 Å². The number of carbonyl (C=O) groups is 1. The molecule has 2 rings (SSSR count). The zero-order valence-electron chi connectivity index (χ0n) is 9.29. The monoisotopic (exact) mass is 207 g/mol. The van der Waals surface area contributed by atoms with Gasteiger partial charge in [0.1, 0.15) is 6.04 Å². The number of amides is 1. The highest BCUT2D eigenvalue weighted by Gasteiger charge is 2.24. The number of carbonyl (C=O) groups excluding carboxylic acids is 1. The van der Waals surface area contributed by atoms with Crippen molar-refractivity contribution < 1.29 is 4.79 Å². The normalized spacial score (nSPS) is 22.3. The molecule has 1 aliphatic rings. The Morgan fingerprint density at radius 1 is 1.47 bits per heavy atom. The van der Waals surface area contributed by atoms with Crippen LogP contribution in [0.2, 0.25) is 0 Å². The third kappa shape index (κ3) is 2.03. The Hall–Kier alpha value is -1.32. The third-order valence-corrected chi connectivity index (χ3v) is 2.85. The average molecular weight is 207 g/mol. The van der Waals surface area contributed by atoms with Crippen LogP contribution in [0.1, 0.15) is 36.7 Å². The number of hydrogen-bond acceptors (Lipinski definition) is 2. The maximum absolute atomic E-state index is 11.8. The summed E-state index contributed by atoms with van der Waals surface area (Å²) >= 11 is 0. The lowest BCUT2D eigenvalue weighted by Gasteiger charge is -2.15. The van der Waals surface area contributed by atoms with Crippen molar-refractivity contribution in [3.63, 3.8) is 0 Å². The van der Waals surface area contributed by atoms with E-state index >= 15 is 0 Å². The third-order valence-electron chi connectivity index (χ3n) is 2.85. The van der Waals surface area contributed by atoms with Crippen LogP contribution in [0.25, 0.3) is 0 Å². The van der Waals surface area contributed by atoms with Gasteiger partial charge < -0.3 is 5.32 Å². The van der Waals surface area contributed by atoms with Crippen LogP contribution >= 0.6 is 0 Å². The van der Waals surface area contributed by atoms with Crippen molar-refractivity contribution in [3.05, 3.63) is 17.5 Å². The van der Waals surface area contributed by atoms with Crippen LogP contribution < -0.4 is 5.32 Å². The van der Waals surface area contributed by atoms with Gasteiger partial charge in [-0.3, -0.25) is 9.48 Å². The van der Waals surface area contributed by atoms with Crippen LogP contribution in [0.3, 0.4) is 0 Å². The van der Waals surface area contributed by atoms with Gasteiger partial charge in [-0.1, -0.05) is 0 Å². The summed E-state index contributed by atoms with van der Waals surface area (Å²) in [5.41, 5.74) is 2.04. The number of aryl methyl sites for hydroxylation is 2. The van der Waals surface area contributed by atoms with Gasteiger partial charge in [-0.2, -0.15) is 5.10 Å². The van der Waals surface area contributed by atoms with Crippen LogP contribution in [0, 0.1) is 13.8 Å². The Labute approximate surface area is 89.7 Å². The molecule has 1 atom stereocenters. The van der Waals surface area contributed by atoms with E-state index in [0.29, 0.717) is 0 Å². The van der Waals surface area contributed by atoms with E-state index < -0.39 is 0 Å². The van der Waals surface area contributed by atoms with E-state index in [4.69, 9.17) is 0 Å². The van der Waals surface area contributed by atoms with Crippen LogP contribution in [-0.2, 0) is 4.79 Å². The summed E-state index contributed by atoms with van der Waals surface area (Å²) in [6, 6.07) is 1.90. The SMILES string of the molecule is Cc1cc(C)n(C2CCCCNC2=O)n1. The molecule has 0 bridgehead atoms. The predicted octanol–water partition coefficient (Wildman–Crippen LogP) is 1.34. The quantitative estimate of drug-likeness (QED) is 0.755. The Morgan fingerprint density at radius 2 is 2.27 bits per heavy atom. The van der Waals surface area contributed by atoms with Crippen molar-refractivity contribution >= 4 is 5.91 Å². The van der Waals surface area contributed by atoms with Gasteiger partial charge in [0.05, 0.1) is 5.69 Å². The Bertz CT molecular complexity index is 370. The van der Waals surface area contributed by atoms with E-state index in [0.717, 1.165) is 37.2 Å². The lowest BCUT2D eigenvalue weighted by molar-refractivity contribution is -0.124. The van der Waals surface area contributed by atoms with Crippen LogP contribution in [0.5, 0.6) is 0 Å². The first-order valence-corrected chi connectivity index (χ1v) is 5.49. The zero-order valence-corrected chi connectivity index (χ0v) is 9.29. The summed E-state index contributed by atoms with van der Waals surface area (Å²) in [6.45, 7) is 4.75. The fourth-order valence-corrected chi connectivity index (χ4v) is 2.12. The van der Waals surface area contributed by atoms with E-state index in [9.17, 15) is 4.79 Å². The van der Waals surface area contributed by atoms with Gasteiger partial charge in [-0.15, -0.1) is 0 Å². The lowest BCUT2D eigenvalue weighted by atomic mass is 10.1. The van der Waals surface area contributed by atoms with E-state index in [1.807, 2.05) is 24.6 Å². The average Bonchev–Trinajstić information content (AvgIpc) is 2.39. The van der Waals surface area contributed by atoms with Crippen molar-refractivity contribution in [2.24, 2.45) is 0 Å². The molecule has 1 amide bonds. The molecule has 4 nitrogen and oxygen atoms in total. The Balaban J connectivity index is 2.27. The van der Waals surface area contributed by atoms with Gasteiger partial charge in [0, 0.05) is 12.2 Å². The molecule has 82 valence electrons. The van der Waals surface area contributed by atoms with Crippen LogP contribution in [0.4, 0.5) is 0 Å². The fraction of sp³-hybridized carbons (Fsp3) is 0.636. The minimum absolute atomic E-state index is 0.110. The molecule has 1 fully saturated rings. The smallest absolute Gasteiger partial charge is 0.244 e. The largest absolute Gasteiger partial charge is 0.354 e. The van der Waals surface area contributed by atoms with Gasteiger partial charge in [-0.05, 0) is 39.2 Å². The molecule has 15 heavy (non-hydrogen) atoms. The number of aromatic nitrogens is 2. The summed E-state index contributed by atoms with van der Waals surface area (Å²) < 4.78 is 1.86. The first-order chi connectivity index (χ1) is 7.18. The molecule has 1 N–H and O–H groups in total. The van der Waals surface area contributed by atoms with E-state index in [-0.39, 0.29) is 11.9 Å². The second-order valence-electron chi connectivity index (χ2n) is 4.17. The predicted molar refractivity (Wildman–Crippen MR) is 57.6 cm³/mol. The molecule has 2 heterocycles. The van der Waals surface area contributed by atoms with E-state index in [1.54, 1.807) is 0 Å². The number of rotatable bonds is 1. The van der Waals surface area contributed by atoms with Crippen LogP contribution in [0.15, 0.2) is 6.07 Å².